The molecule has 12 nitrogen and oxygen atoms in total. The topological polar surface area (TPSA) is 136 Å². The number of aromatic nitrogens is 3. The number of nitrogens with zero attached hydrogens (tertiary/aromatic N) is 3. The van der Waals surface area contributed by atoms with Crippen molar-refractivity contribution in [3.8, 4) is 0 Å². The van der Waals surface area contributed by atoms with Crippen LogP contribution in [0.1, 0.15) is 63.8 Å². The normalized spacial score (nSPS) is 24.3. The first-order valence-electron chi connectivity index (χ1n) is 15.8. The van der Waals surface area contributed by atoms with Gasteiger partial charge in [-0.25, -0.2) is 9.48 Å². The summed E-state index contributed by atoms with van der Waals surface area (Å²) in [6.45, 7) is 9.60. The van der Waals surface area contributed by atoms with Gasteiger partial charge in [-0.3, -0.25) is 0 Å². The van der Waals surface area contributed by atoms with Crippen molar-refractivity contribution in [1.82, 2.24) is 20.3 Å². The number of Topliss-reactive ketones (excluding diaryl/α,β-unsaturated/α-hetero) is 1. The maximum atomic E-state index is 12.1. The molecule has 3 aliphatic rings. The Morgan fingerprint density at radius 3 is 2.24 bits per heavy atom. The monoisotopic (exact) mass is 594 g/mol. The van der Waals surface area contributed by atoms with E-state index < -0.39 is 6.09 Å². The first-order valence-corrected chi connectivity index (χ1v) is 15.8. The van der Waals surface area contributed by atoms with Gasteiger partial charge in [-0.15, -0.1) is 5.10 Å². The molecule has 1 saturated heterocycles. The zero-order valence-electron chi connectivity index (χ0n) is 25.4. The van der Waals surface area contributed by atoms with E-state index in [9.17, 15) is 9.59 Å². The van der Waals surface area contributed by atoms with E-state index in [0.717, 1.165) is 57.2 Å². The van der Waals surface area contributed by atoms with Crippen LogP contribution < -0.4 is 5.32 Å². The van der Waals surface area contributed by atoms with E-state index in [1.54, 1.807) is 6.92 Å². The SMILES string of the molecule is CC(=O)CCCCn1nnc2c1CCC1C(CC2)C1COC(=O)NCCOCCOCCOCCOCCC1OC1C. The number of ketones is 1. The molecule has 5 unspecified atom stereocenters. The van der Waals surface area contributed by atoms with Crippen LogP contribution in [0.2, 0.25) is 0 Å². The zero-order valence-corrected chi connectivity index (χ0v) is 25.4. The van der Waals surface area contributed by atoms with Gasteiger partial charge in [0.1, 0.15) is 5.78 Å². The van der Waals surface area contributed by atoms with Crippen molar-refractivity contribution in [2.45, 2.75) is 84.0 Å². The minimum Gasteiger partial charge on any atom is -0.449 e. The molecule has 238 valence electrons. The second-order valence-electron chi connectivity index (χ2n) is 11.6. The molecule has 0 radical (unpaired) electrons. The Balaban J connectivity index is 0.936. The number of aryl methyl sites for hydroxylation is 2. The maximum absolute atomic E-state index is 12.1. The first kappa shape index (κ1) is 32.8. The minimum atomic E-state index is -0.392. The summed E-state index contributed by atoms with van der Waals surface area (Å²) < 4.78 is 34.9. The number of fused-ring (bicyclic) bond motifs is 2. The van der Waals surface area contributed by atoms with E-state index in [4.69, 9.17) is 28.4 Å². The predicted molar refractivity (Wildman–Crippen MR) is 153 cm³/mol. The smallest absolute Gasteiger partial charge is 0.407 e. The Morgan fingerprint density at radius 2 is 1.57 bits per heavy atom. The average Bonchev–Trinajstić information content (AvgIpc) is 3.80. The van der Waals surface area contributed by atoms with E-state index in [1.807, 2.05) is 4.68 Å². The fourth-order valence-electron chi connectivity index (χ4n) is 5.83. The number of hydrogen-bond donors (Lipinski definition) is 1. The molecule has 1 aromatic heterocycles. The number of ether oxygens (including phenoxy) is 6. The number of rotatable bonds is 22. The van der Waals surface area contributed by atoms with Crippen molar-refractivity contribution in [2.24, 2.45) is 17.8 Å². The van der Waals surface area contributed by atoms with Crippen molar-refractivity contribution in [1.29, 1.82) is 0 Å². The standard InChI is InChI=1S/C30H50N4O8/c1-22(35)5-3-4-12-34-28-9-7-25-24(6-8-27(28)32-33-34)26(25)21-41-30(36)31-11-14-38-16-18-40-20-19-39-17-15-37-13-10-29-23(2)42-29/h23-26,29H,3-21H2,1-2H3,(H,31,36). The third-order valence-electron chi connectivity index (χ3n) is 8.43. The third kappa shape index (κ3) is 11.5. The molecule has 0 bridgehead atoms. The molecule has 1 amide bonds. The fourth-order valence-corrected chi connectivity index (χ4v) is 5.83. The minimum absolute atomic E-state index is 0.237. The summed E-state index contributed by atoms with van der Waals surface area (Å²) in [5, 5.41) is 11.6. The largest absolute Gasteiger partial charge is 0.449 e. The second kappa shape index (κ2) is 17.9. The lowest BCUT2D eigenvalue weighted by Gasteiger charge is -2.10. The van der Waals surface area contributed by atoms with Gasteiger partial charge < -0.3 is 38.5 Å². The summed E-state index contributed by atoms with van der Waals surface area (Å²) in [6.07, 6.45) is 7.78. The highest BCUT2D eigenvalue weighted by molar-refractivity contribution is 5.75. The molecule has 12 heteroatoms. The quantitative estimate of drug-likeness (QED) is 0.158. The molecule has 1 saturated carbocycles. The Labute approximate surface area is 249 Å². The number of unbranched alkanes of at least 4 members (excludes halogenated alkanes) is 1. The molecule has 0 spiro atoms. The van der Waals surface area contributed by atoms with Crippen molar-refractivity contribution >= 4 is 11.9 Å². The molecule has 4 rings (SSSR count). The molecule has 0 aromatic carbocycles. The summed E-state index contributed by atoms with van der Waals surface area (Å²) >= 11 is 0. The van der Waals surface area contributed by atoms with Gasteiger partial charge in [0, 0.05) is 26.1 Å². The number of amides is 1. The van der Waals surface area contributed by atoms with Crippen LogP contribution in [0.3, 0.4) is 0 Å². The van der Waals surface area contributed by atoms with Crippen LogP contribution in [0, 0.1) is 17.8 Å². The van der Waals surface area contributed by atoms with Gasteiger partial charge in [-0.1, -0.05) is 5.21 Å². The highest BCUT2D eigenvalue weighted by Crippen LogP contribution is 2.52. The summed E-state index contributed by atoms with van der Waals surface area (Å²) in [6, 6.07) is 0. The number of carbonyl (C=O) groups excluding carboxylic acids is 2. The summed E-state index contributed by atoms with van der Waals surface area (Å²) in [7, 11) is 0. The molecule has 2 heterocycles. The highest BCUT2D eigenvalue weighted by Gasteiger charge is 2.50. The maximum Gasteiger partial charge on any atom is 0.407 e. The number of hydrogen-bond acceptors (Lipinski definition) is 10. The van der Waals surface area contributed by atoms with Gasteiger partial charge >= 0.3 is 6.09 Å². The molecule has 1 aromatic rings. The van der Waals surface area contributed by atoms with Gasteiger partial charge in [0.15, 0.2) is 0 Å². The molecule has 2 fully saturated rings. The molecular formula is C30H50N4O8. The number of alkyl carbamates (subject to hydrolysis) is 1. The first-order chi connectivity index (χ1) is 20.5. The number of epoxide rings is 1. The van der Waals surface area contributed by atoms with E-state index >= 15 is 0 Å². The Hall–Kier alpha value is -2.12. The van der Waals surface area contributed by atoms with Crippen LogP contribution in [-0.4, -0.2) is 105 Å². The van der Waals surface area contributed by atoms with Gasteiger partial charge in [0.25, 0.3) is 0 Å². The van der Waals surface area contributed by atoms with E-state index in [0.29, 0.717) is 102 Å². The van der Waals surface area contributed by atoms with Crippen LogP contribution in [0.25, 0.3) is 0 Å². The predicted octanol–water partition coefficient (Wildman–Crippen LogP) is 2.75. The van der Waals surface area contributed by atoms with Gasteiger partial charge in [0.05, 0.1) is 76.5 Å². The van der Waals surface area contributed by atoms with E-state index in [2.05, 4.69) is 22.6 Å². The Kier molecular flexibility index (Phi) is 13.9. The van der Waals surface area contributed by atoms with Crippen molar-refractivity contribution in [3.05, 3.63) is 11.4 Å². The average molecular weight is 595 g/mol. The number of carbonyl (C=O) groups is 2. The summed E-state index contributed by atoms with van der Waals surface area (Å²) in [4.78, 5) is 23.3. The van der Waals surface area contributed by atoms with Gasteiger partial charge in [-0.05, 0) is 76.5 Å². The lowest BCUT2D eigenvalue weighted by atomic mass is 10.0. The van der Waals surface area contributed by atoms with Crippen LogP contribution >= 0.6 is 0 Å². The second-order valence-corrected chi connectivity index (χ2v) is 11.6. The molecule has 42 heavy (non-hydrogen) atoms. The summed E-state index contributed by atoms with van der Waals surface area (Å²) in [5.41, 5.74) is 2.35. The van der Waals surface area contributed by atoms with Crippen molar-refractivity contribution in [3.63, 3.8) is 0 Å². The van der Waals surface area contributed by atoms with E-state index in [1.165, 1.54) is 5.69 Å². The van der Waals surface area contributed by atoms with Gasteiger partial charge in [0.2, 0.25) is 0 Å². The van der Waals surface area contributed by atoms with Crippen LogP contribution in [-0.2, 0) is 52.6 Å². The molecule has 1 N–H and O–H groups in total. The molecule has 2 aliphatic carbocycles. The fraction of sp³-hybridized carbons (Fsp3) is 0.867. The molecule has 5 atom stereocenters. The Morgan fingerprint density at radius 1 is 0.929 bits per heavy atom. The van der Waals surface area contributed by atoms with Crippen molar-refractivity contribution in [2.75, 3.05) is 66.0 Å². The lowest BCUT2D eigenvalue weighted by molar-refractivity contribution is -0.117. The highest BCUT2D eigenvalue weighted by atomic mass is 16.6. The van der Waals surface area contributed by atoms with E-state index in [-0.39, 0.29) is 5.78 Å². The lowest BCUT2D eigenvalue weighted by Crippen LogP contribution is -2.29. The molecule has 1 aliphatic heterocycles. The van der Waals surface area contributed by atoms with Crippen molar-refractivity contribution < 1.29 is 38.0 Å². The zero-order chi connectivity index (χ0) is 29.6. The molecular weight excluding hydrogens is 544 g/mol. The Bertz CT molecular complexity index is 960. The summed E-state index contributed by atoms with van der Waals surface area (Å²) in [5.74, 6) is 1.84. The number of nitrogens with one attached hydrogen (secondary N) is 1. The van der Waals surface area contributed by atoms with Crippen LogP contribution in [0.15, 0.2) is 0 Å². The third-order valence-corrected chi connectivity index (χ3v) is 8.43. The van der Waals surface area contributed by atoms with Gasteiger partial charge in [-0.2, -0.15) is 0 Å². The van der Waals surface area contributed by atoms with Crippen LogP contribution in [0.4, 0.5) is 4.79 Å². The van der Waals surface area contributed by atoms with Crippen LogP contribution in [0.5, 0.6) is 0 Å².